The summed E-state index contributed by atoms with van der Waals surface area (Å²) in [6.45, 7) is 0. The summed E-state index contributed by atoms with van der Waals surface area (Å²) in [6, 6.07) is 7.18. The second-order valence-electron chi connectivity index (χ2n) is 5.89. The van der Waals surface area contributed by atoms with E-state index in [-0.39, 0.29) is 11.8 Å². The second-order valence-corrected chi connectivity index (χ2v) is 6.88. The first-order chi connectivity index (χ1) is 11.1. The van der Waals surface area contributed by atoms with Crippen molar-refractivity contribution in [1.82, 2.24) is 15.2 Å². The van der Waals surface area contributed by atoms with Gasteiger partial charge in [0.05, 0.1) is 0 Å². The molecule has 0 spiro atoms. The lowest BCUT2D eigenvalue weighted by atomic mass is 10.0. The van der Waals surface area contributed by atoms with Crippen LogP contribution in [0.15, 0.2) is 30.5 Å². The molecule has 23 heavy (non-hydrogen) atoms. The minimum absolute atomic E-state index is 0.0797. The highest BCUT2D eigenvalue weighted by atomic mass is 32.2. The molecule has 2 aromatic rings. The van der Waals surface area contributed by atoms with Crippen molar-refractivity contribution in [3.63, 3.8) is 0 Å². The molecule has 1 fully saturated rings. The number of aryl methyl sites for hydroxylation is 1. The van der Waals surface area contributed by atoms with Crippen LogP contribution in [0.25, 0.3) is 10.9 Å². The summed E-state index contributed by atoms with van der Waals surface area (Å²) < 4.78 is 2.05. The van der Waals surface area contributed by atoms with E-state index in [9.17, 15) is 9.59 Å². The standard InChI is InChI=1S/C17H21N3O2S/c1-20-10-11(12-5-3-4-6-15(12)20)9-14-17(22)18-13(7-8-23-2)16(21)19-14/h3-6,10,13-14H,7-9H2,1-2H3,(H,18,22)(H,19,21)/t13-,14-/m1/s1. The van der Waals surface area contributed by atoms with Crippen molar-refractivity contribution >= 4 is 34.5 Å². The zero-order valence-electron chi connectivity index (χ0n) is 13.3. The number of hydrogen-bond donors (Lipinski definition) is 2. The van der Waals surface area contributed by atoms with E-state index in [0.29, 0.717) is 12.8 Å². The van der Waals surface area contributed by atoms with Crippen LogP contribution in [-0.2, 0) is 23.1 Å². The summed E-state index contributed by atoms with van der Waals surface area (Å²) in [4.78, 5) is 24.5. The maximum Gasteiger partial charge on any atom is 0.243 e. The van der Waals surface area contributed by atoms with Crippen molar-refractivity contribution in [2.45, 2.75) is 24.9 Å². The molecule has 2 N–H and O–H groups in total. The van der Waals surface area contributed by atoms with Crippen LogP contribution in [0.2, 0.25) is 0 Å². The summed E-state index contributed by atoms with van der Waals surface area (Å²) in [5.41, 5.74) is 2.20. The van der Waals surface area contributed by atoms with Crippen LogP contribution in [0.5, 0.6) is 0 Å². The fraction of sp³-hybridized carbons (Fsp3) is 0.412. The summed E-state index contributed by atoms with van der Waals surface area (Å²) in [5, 5.41) is 6.86. The molecular formula is C17H21N3O2S. The molecule has 2 heterocycles. The number of carbonyl (C=O) groups is 2. The number of hydrogen-bond acceptors (Lipinski definition) is 3. The predicted octanol–water partition coefficient (Wildman–Crippen LogP) is 1.46. The van der Waals surface area contributed by atoms with Gasteiger partial charge in [0, 0.05) is 30.6 Å². The Morgan fingerprint density at radius 1 is 1.13 bits per heavy atom. The van der Waals surface area contributed by atoms with Crippen LogP contribution in [0.1, 0.15) is 12.0 Å². The molecule has 1 saturated heterocycles. The van der Waals surface area contributed by atoms with Crippen molar-refractivity contribution in [2.24, 2.45) is 7.05 Å². The Morgan fingerprint density at radius 3 is 2.61 bits per heavy atom. The Hall–Kier alpha value is -1.95. The molecule has 122 valence electrons. The summed E-state index contributed by atoms with van der Waals surface area (Å²) >= 11 is 1.67. The van der Waals surface area contributed by atoms with Gasteiger partial charge in [0.25, 0.3) is 0 Å². The molecule has 6 heteroatoms. The normalized spacial score (nSPS) is 21.3. The van der Waals surface area contributed by atoms with E-state index in [1.165, 1.54) is 0 Å². The molecule has 1 aromatic carbocycles. The number of benzene rings is 1. The smallest absolute Gasteiger partial charge is 0.243 e. The Kier molecular flexibility index (Phi) is 4.61. The van der Waals surface area contributed by atoms with Crippen molar-refractivity contribution in [3.05, 3.63) is 36.0 Å². The number of rotatable bonds is 5. The summed E-state index contributed by atoms with van der Waals surface area (Å²) in [6.07, 6.45) is 5.20. The average molecular weight is 331 g/mol. The Labute approximate surface area is 139 Å². The monoisotopic (exact) mass is 331 g/mol. The molecular weight excluding hydrogens is 310 g/mol. The number of aromatic nitrogens is 1. The van der Waals surface area contributed by atoms with Gasteiger partial charge in [-0.25, -0.2) is 0 Å². The van der Waals surface area contributed by atoms with Gasteiger partial charge in [-0.2, -0.15) is 11.8 Å². The lowest BCUT2D eigenvalue weighted by Gasteiger charge is -2.29. The number of nitrogens with zero attached hydrogens (tertiary/aromatic N) is 1. The number of amides is 2. The maximum atomic E-state index is 12.3. The number of thioether (sulfide) groups is 1. The molecule has 0 saturated carbocycles. The van der Waals surface area contributed by atoms with Crippen LogP contribution in [-0.4, -0.2) is 40.5 Å². The highest BCUT2D eigenvalue weighted by molar-refractivity contribution is 7.98. The molecule has 0 radical (unpaired) electrons. The van der Waals surface area contributed by atoms with E-state index >= 15 is 0 Å². The van der Waals surface area contributed by atoms with Crippen LogP contribution in [0.3, 0.4) is 0 Å². The van der Waals surface area contributed by atoms with Gasteiger partial charge in [-0.15, -0.1) is 0 Å². The van der Waals surface area contributed by atoms with E-state index in [1.54, 1.807) is 11.8 Å². The third-order valence-electron chi connectivity index (χ3n) is 4.28. The molecule has 3 rings (SSSR count). The largest absolute Gasteiger partial charge is 0.350 e. The maximum absolute atomic E-state index is 12.3. The van der Waals surface area contributed by atoms with Crippen LogP contribution in [0, 0.1) is 0 Å². The van der Waals surface area contributed by atoms with Gasteiger partial charge in [0.1, 0.15) is 12.1 Å². The van der Waals surface area contributed by atoms with Gasteiger partial charge in [0.2, 0.25) is 11.8 Å². The first-order valence-electron chi connectivity index (χ1n) is 7.72. The summed E-state index contributed by atoms with van der Waals surface area (Å²) in [7, 11) is 1.99. The van der Waals surface area contributed by atoms with E-state index in [0.717, 1.165) is 22.2 Å². The van der Waals surface area contributed by atoms with Gasteiger partial charge in [-0.3, -0.25) is 9.59 Å². The fourth-order valence-corrected chi connectivity index (χ4v) is 3.54. The Balaban J connectivity index is 1.75. The van der Waals surface area contributed by atoms with E-state index in [2.05, 4.69) is 27.3 Å². The number of fused-ring (bicyclic) bond motifs is 1. The highest BCUT2D eigenvalue weighted by Crippen LogP contribution is 2.22. The number of piperazine rings is 1. The van der Waals surface area contributed by atoms with Gasteiger partial charge in [0.15, 0.2) is 0 Å². The fourth-order valence-electron chi connectivity index (χ4n) is 3.07. The number of nitrogens with one attached hydrogen (secondary N) is 2. The minimum atomic E-state index is -0.501. The Morgan fingerprint density at radius 2 is 1.83 bits per heavy atom. The number of para-hydroxylation sites is 1. The van der Waals surface area contributed by atoms with Crippen LogP contribution < -0.4 is 10.6 Å². The van der Waals surface area contributed by atoms with Crippen LogP contribution in [0.4, 0.5) is 0 Å². The molecule has 2 atom stereocenters. The number of carbonyl (C=O) groups excluding carboxylic acids is 2. The molecule has 0 bridgehead atoms. The third-order valence-corrected chi connectivity index (χ3v) is 4.92. The second kappa shape index (κ2) is 6.66. The molecule has 2 amide bonds. The quantitative estimate of drug-likeness (QED) is 0.872. The molecule has 1 aromatic heterocycles. The zero-order valence-corrected chi connectivity index (χ0v) is 14.2. The van der Waals surface area contributed by atoms with Crippen molar-refractivity contribution < 1.29 is 9.59 Å². The molecule has 5 nitrogen and oxygen atoms in total. The van der Waals surface area contributed by atoms with E-state index < -0.39 is 12.1 Å². The molecule has 1 aliphatic rings. The van der Waals surface area contributed by atoms with Gasteiger partial charge in [-0.05, 0) is 30.1 Å². The SMILES string of the molecule is CSCC[C@H]1NC(=O)[C@@H](Cc2cn(C)c3ccccc23)NC1=O. The first-order valence-corrected chi connectivity index (χ1v) is 9.12. The minimum Gasteiger partial charge on any atom is -0.350 e. The predicted molar refractivity (Wildman–Crippen MR) is 93.5 cm³/mol. The van der Waals surface area contributed by atoms with Crippen molar-refractivity contribution in [2.75, 3.05) is 12.0 Å². The summed E-state index contributed by atoms with van der Waals surface area (Å²) in [5.74, 6) is 0.680. The van der Waals surface area contributed by atoms with Crippen molar-refractivity contribution in [1.29, 1.82) is 0 Å². The van der Waals surface area contributed by atoms with E-state index in [1.807, 2.05) is 31.6 Å². The van der Waals surface area contributed by atoms with Crippen molar-refractivity contribution in [3.8, 4) is 0 Å². The lowest BCUT2D eigenvalue weighted by Crippen LogP contribution is -2.62. The van der Waals surface area contributed by atoms with Crippen LogP contribution >= 0.6 is 11.8 Å². The molecule has 0 aliphatic carbocycles. The topological polar surface area (TPSA) is 63.1 Å². The van der Waals surface area contributed by atoms with E-state index in [4.69, 9.17) is 0 Å². The highest BCUT2D eigenvalue weighted by Gasteiger charge is 2.33. The first kappa shape index (κ1) is 15.9. The molecule has 1 aliphatic heterocycles. The zero-order chi connectivity index (χ0) is 16.4. The molecule has 0 unspecified atom stereocenters. The van der Waals surface area contributed by atoms with Gasteiger partial charge >= 0.3 is 0 Å². The van der Waals surface area contributed by atoms with Gasteiger partial charge in [-0.1, -0.05) is 18.2 Å². The lowest BCUT2D eigenvalue weighted by molar-refractivity contribution is -0.136. The average Bonchev–Trinajstić information content (AvgIpc) is 2.86. The van der Waals surface area contributed by atoms with Gasteiger partial charge < -0.3 is 15.2 Å². The Bertz CT molecular complexity index is 741. The third kappa shape index (κ3) is 3.22.